The lowest BCUT2D eigenvalue weighted by atomic mass is 9.97. The van der Waals surface area contributed by atoms with E-state index < -0.39 is 0 Å². The summed E-state index contributed by atoms with van der Waals surface area (Å²) in [7, 11) is 0. The highest BCUT2D eigenvalue weighted by atomic mass is 16.7. The van der Waals surface area contributed by atoms with Gasteiger partial charge in [0.1, 0.15) is 6.29 Å². The molecule has 124 valence electrons. The molecular weight excluding hydrogens is 276 g/mol. The Bertz CT molecular complexity index is 356. The van der Waals surface area contributed by atoms with Crippen LogP contribution in [0.1, 0.15) is 38.7 Å². The summed E-state index contributed by atoms with van der Waals surface area (Å²) in [6.07, 6.45) is 3.22. The third kappa shape index (κ3) is 12.1. The van der Waals surface area contributed by atoms with Crippen LogP contribution in [-0.2, 0) is 14.3 Å². The first kappa shape index (κ1) is 22.6. The Balaban J connectivity index is 0. The largest absolute Gasteiger partial charge is 0.353 e. The van der Waals surface area contributed by atoms with Crippen molar-refractivity contribution in [1.29, 1.82) is 0 Å². The molecule has 0 saturated carbocycles. The Labute approximate surface area is 135 Å². The van der Waals surface area contributed by atoms with E-state index >= 15 is 0 Å². The van der Waals surface area contributed by atoms with Gasteiger partial charge < -0.3 is 14.3 Å². The van der Waals surface area contributed by atoms with E-state index in [4.69, 9.17) is 9.47 Å². The summed E-state index contributed by atoms with van der Waals surface area (Å²) in [6.45, 7) is 16.9. The van der Waals surface area contributed by atoms with Gasteiger partial charge in [0.25, 0.3) is 0 Å². The molecule has 1 atom stereocenters. The van der Waals surface area contributed by atoms with E-state index in [9.17, 15) is 4.79 Å². The van der Waals surface area contributed by atoms with Gasteiger partial charge in [-0.3, -0.25) is 0 Å². The van der Waals surface area contributed by atoms with Gasteiger partial charge in [0, 0.05) is 25.6 Å². The summed E-state index contributed by atoms with van der Waals surface area (Å²) < 4.78 is 10.1. The molecule has 3 heteroatoms. The van der Waals surface area contributed by atoms with Crippen LogP contribution in [0, 0.1) is 0 Å². The van der Waals surface area contributed by atoms with Crippen molar-refractivity contribution in [1.82, 2.24) is 0 Å². The first-order valence-corrected chi connectivity index (χ1v) is 7.53. The average molecular weight is 306 g/mol. The quantitative estimate of drug-likeness (QED) is 0.395. The summed E-state index contributed by atoms with van der Waals surface area (Å²) in [5.41, 5.74) is 1.15. The third-order valence-corrected chi connectivity index (χ3v) is 2.67. The maximum absolute atomic E-state index is 10.3. The van der Waals surface area contributed by atoms with Crippen LogP contribution in [0.4, 0.5) is 0 Å². The van der Waals surface area contributed by atoms with Gasteiger partial charge in [-0.25, -0.2) is 0 Å². The molecule has 0 aromatic heterocycles. The second-order valence-corrected chi connectivity index (χ2v) is 4.13. The zero-order valence-corrected chi connectivity index (χ0v) is 14.2. The highest BCUT2D eigenvalue weighted by molar-refractivity contribution is 5.52. The average Bonchev–Trinajstić information content (AvgIpc) is 2.56. The van der Waals surface area contributed by atoms with E-state index in [1.165, 1.54) is 0 Å². The standard InChI is InChI=1S/C11H12O.C6H14O2.C2H4/c1-2-10(8-9-12)11-6-4-3-5-7-11;1-4-7-6(3)8-5-2;1-2/h2-7,9-10H,1,8H2;6H,4-5H2,1-3H3;1-2H2. The highest BCUT2D eigenvalue weighted by Crippen LogP contribution is 2.18. The molecular formula is C19H30O3. The van der Waals surface area contributed by atoms with Crippen molar-refractivity contribution in [2.75, 3.05) is 13.2 Å². The van der Waals surface area contributed by atoms with Gasteiger partial charge >= 0.3 is 0 Å². The lowest BCUT2D eigenvalue weighted by Crippen LogP contribution is -2.11. The molecule has 0 saturated heterocycles. The molecule has 0 fully saturated rings. The number of aldehydes is 1. The van der Waals surface area contributed by atoms with Gasteiger partial charge in [0.15, 0.2) is 6.29 Å². The van der Waals surface area contributed by atoms with E-state index in [0.717, 1.165) is 25.1 Å². The van der Waals surface area contributed by atoms with Gasteiger partial charge in [-0.15, -0.1) is 19.7 Å². The van der Waals surface area contributed by atoms with E-state index in [2.05, 4.69) is 19.7 Å². The van der Waals surface area contributed by atoms with Crippen LogP contribution in [0.5, 0.6) is 0 Å². The van der Waals surface area contributed by atoms with Crippen molar-refractivity contribution in [2.24, 2.45) is 0 Å². The van der Waals surface area contributed by atoms with Crippen LogP contribution in [0.25, 0.3) is 0 Å². The zero-order chi connectivity index (χ0) is 17.2. The molecule has 0 bridgehead atoms. The Morgan fingerprint density at radius 1 is 1.09 bits per heavy atom. The molecule has 1 rings (SSSR count). The molecule has 1 aromatic carbocycles. The second-order valence-electron chi connectivity index (χ2n) is 4.13. The van der Waals surface area contributed by atoms with Crippen molar-refractivity contribution in [3.05, 3.63) is 61.7 Å². The predicted molar refractivity (Wildman–Crippen MR) is 94.0 cm³/mol. The Hall–Kier alpha value is -1.71. The van der Waals surface area contributed by atoms with Crippen molar-refractivity contribution in [2.45, 2.75) is 39.4 Å². The summed E-state index contributed by atoms with van der Waals surface area (Å²) in [4.78, 5) is 10.3. The van der Waals surface area contributed by atoms with Crippen molar-refractivity contribution in [3.8, 4) is 0 Å². The van der Waals surface area contributed by atoms with Crippen LogP contribution in [0.15, 0.2) is 56.1 Å². The first-order valence-electron chi connectivity index (χ1n) is 7.53. The van der Waals surface area contributed by atoms with E-state index in [1.807, 2.05) is 57.2 Å². The Kier molecular flexibility index (Phi) is 17.8. The number of ether oxygens (including phenoxy) is 2. The normalized spacial score (nSPS) is 10.5. The van der Waals surface area contributed by atoms with Crippen molar-refractivity contribution >= 4 is 6.29 Å². The summed E-state index contributed by atoms with van der Waals surface area (Å²) in [5, 5.41) is 0. The van der Waals surface area contributed by atoms with E-state index in [0.29, 0.717) is 6.42 Å². The van der Waals surface area contributed by atoms with Gasteiger partial charge in [-0.1, -0.05) is 36.4 Å². The van der Waals surface area contributed by atoms with Crippen molar-refractivity contribution in [3.63, 3.8) is 0 Å². The van der Waals surface area contributed by atoms with E-state index in [1.54, 1.807) is 0 Å². The second kappa shape index (κ2) is 17.3. The molecule has 0 heterocycles. The van der Waals surface area contributed by atoms with E-state index in [-0.39, 0.29) is 12.2 Å². The van der Waals surface area contributed by atoms with Crippen LogP contribution in [0.3, 0.4) is 0 Å². The molecule has 3 nitrogen and oxygen atoms in total. The van der Waals surface area contributed by atoms with Gasteiger partial charge in [0.2, 0.25) is 0 Å². The minimum atomic E-state index is -0.0370. The maximum atomic E-state index is 10.3. The van der Waals surface area contributed by atoms with Crippen LogP contribution >= 0.6 is 0 Å². The maximum Gasteiger partial charge on any atom is 0.154 e. The number of allylic oxidation sites excluding steroid dienone is 1. The number of rotatable bonds is 8. The SMILES string of the molecule is C=C.C=CC(CC=O)c1ccccc1.CCOC(C)OCC. The van der Waals surface area contributed by atoms with Gasteiger partial charge in [-0.05, 0) is 26.3 Å². The molecule has 1 unspecified atom stereocenters. The van der Waals surface area contributed by atoms with Crippen molar-refractivity contribution < 1.29 is 14.3 Å². The lowest BCUT2D eigenvalue weighted by molar-refractivity contribution is -0.123. The number of carbonyl (C=O) groups is 1. The summed E-state index contributed by atoms with van der Waals surface area (Å²) in [5.74, 6) is 0.170. The molecule has 0 aliphatic carbocycles. The fraction of sp³-hybridized carbons (Fsp3) is 0.421. The van der Waals surface area contributed by atoms with Gasteiger partial charge in [-0.2, -0.15) is 0 Å². The van der Waals surface area contributed by atoms with Gasteiger partial charge in [0.05, 0.1) is 0 Å². The number of benzene rings is 1. The minimum absolute atomic E-state index is 0.0370. The first-order chi connectivity index (χ1) is 10.7. The molecule has 1 aromatic rings. The minimum Gasteiger partial charge on any atom is -0.353 e. The number of hydrogen-bond acceptors (Lipinski definition) is 3. The smallest absolute Gasteiger partial charge is 0.154 e. The summed E-state index contributed by atoms with van der Waals surface area (Å²) >= 11 is 0. The Morgan fingerprint density at radius 3 is 1.95 bits per heavy atom. The number of carbonyl (C=O) groups excluding carboxylic acids is 1. The topological polar surface area (TPSA) is 35.5 Å². The fourth-order valence-corrected chi connectivity index (χ4v) is 1.69. The van der Waals surface area contributed by atoms with Crippen LogP contribution in [-0.4, -0.2) is 25.8 Å². The molecule has 0 radical (unpaired) electrons. The Morgan fingerprint density at radius 2 is 1.59 bits per heavy atom. The molecule has 22 heavy (non-hydrogen) atoms. The predicted octanol–water partition coefficient (Wildman–Crippen LogP) is 4.75. The zero-order valence-electron chi connectivity index (χ0n) is 14.2. The fourth-order valence-electron chi connectivity index (χ4n) is 1.69. The molecule has 0 aliphatic rings. The molecule has 0 amide bonds. The highest BCUT2D eigenvalue weighted by Gasteiger charge is 2.04. The third-order valence-electron chi connectivity index (χ3n) is 2.67. The summed E-state index contributed by atoms with van der Waals surface area (Å²) in [6, 6.07) is 9.92. The monoisotopic (exact) mass is 306 g/mol. The van der Waals surface area contributed by atoms with Crippen LogP contribution < -0.4 is 0 Å². The molecule has 0 N–H and O–H groups in total. The van der Waals surface area contributed by atoms with Crippen LogP contribution in [0.2, 0.25) is 0 Å². The molecule has 0 aliphatic heterocycles. The number of hydrogen-bond donors (Lipinski definition) is 0. The lowest BCUT2D eigenvalue weighted by Gasteiger charge is -2.09. The molecule has 0 spiro atoms.